The van der Waals surface area contributed by atoms with Crippen molar-refractivity contribution >= 4 is 34.4 Å². The van der Waals surface area contributed by atoms with Crippen LogP contribution in [-0.2, 0) is 22.5 Å². The molecule has 168 valence electrons. The Morgan fingerprint density at radius 3 is 2.73 bits per heavy atom. The van der Waals surface area contributed by atoms with Crippen molar-refractivity contribution in [3.05, 3.63) is 82.9 Å². The number of esters is 1. The van der Waals surface area contributed by atoms with E-state index in [1.165, 1.54) is 14.2 Å². The SMILES string of the molecule is COC(=O)c1cc2cc(Cl)cc(CNC(=O)Cc3cccc(-n4ccnc4)c3)c2nc1OC. The van der Waals surface area contributed by atoms with Gasteiger partial charge in [0.25, 0.3) is 0 Å². The number of carbonyl (C=O) groups excluding carboxylic acids is 2. The first-order chi connectivity index (χ1) is 16.0. The summed E-state index contributed by atoms with van der Waals surface area (Å²) in [5.74, 6) is -0.571. The zero-order valence-corrected chi connectivity index (χ0v) is 18.8. The molecule has 0 unspecified atom stereocenters. The number of ether oxygens (including phenoxy) is 2. The van der Waals surface area contributed by atoms with Crippen molar-refractivity contribution in [1.29, 1.82) is 0 Å². The largest absolute Gasteiger partial charge is 0.480 e. The second-order valence-electron chi connectivity index (χ2n) is 7.27. The molecule has 9 heteroatoms. The van der Waals surface area contributed by atoms with Crippen LogP contribution >= 0.6 is 11.6 Å². The number of amides is 1. The molecule has 0 atom stereocenters. The van der Waals surface area contributed by atoms with Gasteiger partial charge in [0.05, 0.1) is 32.5 Å². The number of aromatic nitrogens is 3. The molecule has 2 heterocycles. The Labute approximate surface area is 195 Å². The number of methoxy groups -OCH3 is 2. The van der Waals surface area contributed by atoms with Gasteiger partial charge >= 0.3 is 5.97 Å². The van der Waals surface area contributed by atoms with Gasteiger partial charge in [-0.1, -0.05) is 23.7 Å². The van der Waals surface area contributed by atoms with Gasteiger partial charge in [0.1, 0.15) is 5.56 Å². The van der Waals surface area contributed by atoms with Gasteiger partial charge in [-0.15, -0.1) is 0 Å². The Hall–Kier alpha value is -3.91. The molecule has 0 spiro atoms. The fourth-order valence-electron chi connectivity index (χ4n) is 3.53. The predicted molar refractivity (Wildman–Crippen MR) is 124 cm³/mol. The van der Waals surface area contributed by atoms with Crippen LogP contribution in [0.5, 0.6) is 5.88 Å². The number of imidazole rings is 1. The summed E-state index contributed by atoms with van der Waals surface area (Å²) in [6.45, 7) is 0.213. The van der Waals surface area contributed by atoms with Gasteiger partial charge in [-0.05, 0) is 41.5 Å². The first kappa shape index (κ1) is 22.3. The number of pyridine rings is 1. The zero-order valence-electron chi connectivity index (χ0n) is 18.0. The molecule has 0 aliphatic carbocycles. The van der Waals surface area contributed by atoms with Gasteiger partial charge in [0.15, 0.2) is 0 Å². The van der Waals surface area contributed by atoms with Crippen LogP contribution in [-0.4, -0.2) is 40.6 Å². The van der Waals surface area contributed by atoms with Crippen LogP contribution in [0.3, 0.4) is 0 Å². The number of hydrogen-bond donors (Lipinski definition) is 1. The highest BCUT2D eigenvalue weighted by molar-refractivity contribution is 6.31. The van der Waals surface area contributed by atoms with Crippen LogP contribution < -0.4 is 10.1 Å². The number of nitrogens with one attached hydrogen (secondary N) is 1. The van der Waals surface area contributed by atoms with Crippen molar-refractivity contribution < 1.29 is 19.1 Å². The highest BCUT2D eigenvalue weighted by Crippen LogP contribution is 2.28. The van der Waals surface area contributed by atoms with E-state index in [9.17, 15) is 9.59 Å². The number of hydrogen-bond acceptors (Lipinski definition) is 6. The van der Waals surface area contributed by atoms with Crippen LogP contribution in [0.2, 0.25) is 5.02 Å². The van der Waals surface area contributed by atoms with E-state index in [1.54, 1.807) is 30.7 Å². The van der Waals surface area contributed by atoms with E-state index in [1.807, 2.05) is 35.0 Å². The van der Waals surface area contributed by atoms with E-state index in [0.29, 0.717) is 21.5 Å². The van der Waals surface area contributed by atoms with Crippen LogP contribution in [0.15, 0.2) is 61.2 Å². The number of carbonyl (C=O) groups is 2. The monoisotopic (exact) mass is 464 g/mol. The molecule has 1 N–H and O–H groups in total. The van der Waals surface area contributed by atoms with Gasteiger partial charge in [-0.25, -0.2) is 14.8 Å². The molecule has 4 aromatic rings. The fourth-order valence-corrected chi connectivity index (χ4v) is 3.78. The van der Waals surface area contributed by atoms with Crippen molar-refractivity contribution in [2.45, 2.75) is 13.0 Å². The van der Waals surface area contributed by atoms with Crippen LogP contribution in [0.25, 0.3) is 16.6 Å². The standard InChI is InChI=1S/C24H21ClN4O4/c1-32-23-20(24(31)33-2)12-16-10-18(25)11-17(22(16)28-23)13-27-21(30)9-15-4-3-5-19(8-15)29-7-6-26-14-29/h3-8,10-12,14H,9,13H2,1-2H3,(H,27,30). The topological polar surface area (TPSA) is 95.3 Å². The number of fused-ring (bicyclic) bond motifs is 1. The van der Waals surface area contributed by atoms with E-state index < -0.39 is 5.97 Å². The first-order valence-corrected chi connectivity index (χ1v) is 10.5. The van der Waals surface area contributed by atoms with Gasteiger partial charge < -0.3 is 19.4 Å². The molecular formula is C24H21ClN4O4. The molecule has 8 nitrogen and oxygen atoms in total. The summed E-state index contributed by atoms with van der Waals surface area (Å²) in [4.78, 5) is 33.2. The highest BCUT2D eigenvalue weighted by Gasteiger charge is 2.18. The van der Waals surface area contributed by atoms with Crippen LogP contribution in [0.1, 0.15) is 21.5 Å². The minimum atomic E-state index is -0.561. The molecule has 33 heavy (non-hydrogen) atoms. The molecule has 4 rings (SSSR count). The minimum Gasteiger partial charge on any atom is -0.480 e. The van der Waals surface area contributed by atoms with Crippen molar-refractivity contribution in [3.8, 4) is 11.6 Å². The Morgan fingerprint density at radius 1 is 1.15 bits per heavy atom. The number of nitrogens with zero attached hydrogens (tertiary/aromatic N) is 3. The summed E-state index contributed by atoms with van der Waals surface area (Å²) < 4.78 is 11.9. The van der Waals surface area contributed by atoms with Crippen LogP contribution in [0, 0.1) is 0 Å². The maximum Gasteiger partial charge on any atom is 0.343 e. The maximum atomic E-state index is 12.6. The zero-order chi connectivity index (χ0) is 23.4. The molecule has 0 saturated carbocycles. The lowest BCUT2D eigenvalue weighted by atomic mass is 10.1. The van der Waals surface area contributed by atoms with Gasteiger partial charge in [-0.3, -0.25) is 4.79 Å². The second-order valence-corrected chi connectivity index (χ2v) is 7.70. The molecule has 0 saturated heterocycles. The normalized spacial score (nSPS) is 10.8. The van der Waals surface area contributed by atoms with E-state index >= 15 is 0 Å². The summed E-state index contributed by atoms with van der Waals surface area (Å²) in [5.41, 5.74) is 3.27. The van der Waals surface area contributed by atoms with Crippen molar-refractivity contribution in [1.82, 2.24) is 19.9 Å². The minimum absolute atomic E-state index is 0.139. The first-order valence-electron chi connectivity index (χ1n) is 10.1. The summed E-state index contributed by atoms with van der Waals surface area (Å²) in [5, 5.41) is 4.02. The van der Waals surface area contributed by atoms with E-state index in [4.69, 9.17) is 21.1 Å². The Kier molecular flexibility index (Phi) is 6.55. The highest BCUT2D eigenvalue weighted by atomic mass is 35.5. The van der Waals surface area contributed by atoms with Gasteiger partial charge in [-0.2, -0.15) is 0 Å². The predicted octanol–water partition coefficient (Wildman–Crippen LogP) is 3.73. The molecule has 2 aromatic heterocycles. The van der Waals surface area contributed by atoms with Gasteiger partial charge in [0.2, 0.25) is 11.8 Å². The third-order valence-corrected chi connectivity index (χ3v) is 5.30. The molecule has 0 bridgehead atoms. The Morgan fingerprint density at radius 2 is 2.00 bits per heavy atom. The Balaban J connectivity index is 1.54. The van der Waals surface area contributed by atoms with E-state index in [-0.39, 0.29) is 30.3 Å². The quantitative estimate of drug-likeness (QED) is 0.419. The van der Waals surface area contributed by atoms with Crippen LogP contribution in [0.4, 0.5) is 0 Å². The van der Waals surface area contributed by atoms with E-state index in [2.05, 4.69) is 15.3 Å². The lowest BCUT2D eigenvalue weighted by molar-refractivity contribution is -0.120. The Bertz CT molecular complexity index is 1320. The smallest absolute Gasteiger partial charge is 0.343 e. The third kappa shape index (κ3) is 4.96. The molecule has 0 radical (unpaired) electrons. The number of halogens is 1. The molecular weight excluding hydrogens is 444 g/mol. The summed E-state index contributed by atoms with van der Waals surface area (Å²) in [6, 6.07) is 12.7. The van der Waals surface area contributed by atoms with Gasteiger partial charge in [0, 0.05) is 35.0 Å². The average molecular weight is 465 g/mol. The lowest BCUT2D eigenvalue weighted by Gasteiger charge is -2.12. The fraction of sp³-hybridized carbons (Fsp3) is 0.167. The van der Waals surface area contributed by atoms with Crippen molar-refractivity contribution in [3.63, 3.8) is 0 Å². The summed E-state index contributed by atoms with van der Waals surface area (Å²) in [6.07, 6.45) is 5.46. The number of benzene rings is 2. The lowest BCUT2D eigenvalue weighted by Crippen LogP contribution is -2.24. The second kappa shape index (κ2) is 9.70. The molecule has 0 fully saturated rings. The third-order valence-electron chi connectivity index (χ3n) is 5.08. The maximum absolute atomic E-state index is 12.6. The van der Waals surface area contributed by atoms with Crippen molar-refractivity contribution in [2.24, 2.45) is 0 Å². The van der Waals surface area contributed by atoms with Crippen molar-refractivity contribution in [2.75, 3.05) is 14.2 Å². The molecule has 1 amide bonds. The molecule has 0 aliphatic heterocycles. The average Bonchev–Trinajstić information content (AvgIpc) is 3.36. The molecule has 0 aliphatic rings. The summed E-state index contributed by atoms with van der Waals surface area (Å²) in [7, 11) is 2.71. The van der Waals surface area contributed by atoms with E-state index in [0.717, 1.165) is 11.3 Å². The number of rotatable bonds is 7. The summed E-state index contributed by atoms with van der Waals surface area (Å²) >= 11 is 6.28. The molecule has 2 aromatic carbocycles.